The summed E-state index contributed by atoms with van der Waals surface area (Å²) in [6.07, 6.45) is 1.49. The van der Waals surface area contributed by atoms with E-state index in [1.54, 1.807) is 13.0 Å². The summed E-state index contributed by atoms with van der Waals surface area (Å²) >= 11 is 2.96. The Balaban J connectivity index is 1.96. The Hall–Kier alpha value is -1.54. The van der Waals surface area contributed by atoms with Gasteiger partial charge in [-0.2, -0.15) is 0 Å². The SMILES string of the molecule is CCOC(=O)c1ccoc1CSc1nnc(NC(C)(C)C)s1. The van der Waals surface area contributed by atoms with Crippen molar-refractivity contribution >= 4 is 34.2 Å². The molecule has 22 heavy (non-hydrogen) atoms. The molecule has 0 fully saturated rings. The molecule has 0 saturated carbocycles. The Bertz CT molecular complexity index is 631. The number of carbonyl (C=O) groups is 1. The van der Waals surface area contributed by atoms with Crippen LogP contribution in [0, 0.1) is 0 Å². The number of hydrogen-bond donors (Lipinski definition) is 1. The van der Waals surface area contributed by atoms with E-state index in [1.165, 1.54) is 29.4 Å². The largest absolute Gasteiger partial charge is 0.468 e. The summed E-state index contributed by atoms with van der Waals surface area (Å²) < 4.78 is 11.2. The van der Waals surface area contributed by atoms with Gasteiger partial charge in [0.05, 0.1) is 18.6 Å². The quantitative estimate of drug-likeness (QED) is 0.632. The number of rotatable bonds is 6. The highest BCUT2D eigenvalue weighted by molar-refractivity contribution is 8.00. The van der Waals surface area contributed by atoms with Crippen molar-refractivity contribution < 1.29 is 13.9 Å². The van der Waals surface area contributed by atoms with Crippen molar-refractivity contribution in [2.45, 2.75) is 43.3 Å². The van der Waals surface area contributed by atoms with Gasteiger partial charge in [0.2, 0.25) is 5.13 Å². The first-order valence-corrected chi connectivity index (χ1v) is 8.67. The molecule has 8 heteroatoms. The highest BCUT2D eigenvalue weighted by Gasteiger charge is 2.17. The number of esters is 1. The van der Waals surface area contributed by atoms with Crippen molar-refractivity contribution in [3.05, 3.63) is 23.7 Å². The first-order valence-electron chi connectivity index (χ1n) is 6.87. The predicted octanol–water partition coefficient (Wildman–Crippen LogP) is 3.81. The normalized spacial score (nSPS) is 11.5. The third-order valence-electron chi connectivity index (χ3n) is 2.46. The van der Waals surface area contributed by atoms with Crippen molar-refractivity contribution in [2.75, 3.05) is 11.9 Å². The molecule has 0 aliphatic carbocycles. The van der Waals surface area contributed by atoms with Gasteiger partial charge in [-0.05, 0) is 33.8 Å². The van der Waals surface area contributed by atoms with E-state index < -0.39 is 0 Å². The summed E-state index contributed by atoms with van der Waals surface area (Å²) in [5.74, 6) is 0.730. The Kier molecular flexibility index (Phi) is 5.47. The molecule has 0 aromatic carbocycles. The fourth-order valence-electron chi connectivity index (χ4n) is 1.61. The van der Waals surface area contributed by atoms with Gasteiger partial charge in [-0.25, -0.2) is 4.79 Å². The van der Waals surface area contributed by atoms with E-state index >= 15 is 0 Å². The minimum atomic E-state index is -0.362. The summed E-state index contributed by atoms with van der Waals surface area (Å²) in [7, 11) is 0. The van der Waals surface area contributed by atoms with Crippen LogP contribution in [0.15, 0.2) is 21.1 Å². The van der Waals surface area contributed by atoms with Crippen molar-refractivity contribution in [3.63, 3.8) is 0 Å². The van der Waals surface area contributed by atoms with Crippen LogP contribution in [-0.4, -0.2) is 28.3 Å². The molecule has 0 atom stereocenters. The summed E-state index contributed by atoms with van der Waals surface area (Å²) in [5.41, 5.74) is 0.409. The number of thioether (sulfide) groups is 1. The molecule has 0 spiro atoms. The lowest BCUT2D eigenvalue weighted by molar-refractivity contribution is 0.0524. The van der Waals surface area contributed by atoms with Gasteiger partial charge in [-0.3, -0.25) is 0 Å². The highest BCUT2D eigenvalue weighted by Crippen LogP contribution is 2.30. The number of carbonyl (C=O) groups excluding carboxylic acids is 1. The van der Waals surface area contributed by atoms with Gasteiger partial charge >= 0.3 is 5.97 Å². The molecular formula is C14H19N3O3S2. The molecule has 0 radical (unpaired) electrons. The van der Waals surface area contributed by atoms with Crippen LogP contribution in [0.1, 0.15) is 43.8 Å². The third-order valence-corrected chi connectivity index (χ3v) is 4.43. The fraction of sp³-hybridized carbons (Fsp3) is 0.500. The maximum atomic E-state index is 11.8. The number of aromatic nitrogens is 2. The van der Waals surface area contributed by atoms with Crippen LogP contribution in [0.25, 0.3) is 0 Å². The lowest BCUT2D eigenvalue weighted by Gasteiger charge is -2.18. The van der Waals surface area contributed by atoms with Crippen LogP contribution in [0.4, 0.5) is 5.13 Å². The van der Waals surface area contributed by atoms with Gasteiger partial charge in [0.15, 0.2) is 4.34 Å². The van der Waals surface area contributed by atoms with Crippen LogP contribution >= 0.6 is 23.1 Å². The number of ether oxygens (including phenoxy) is 1. The molecule has 0 aliphatic rings. The smallest absolute Gasteiger partial charge is 0.341 e. The number of hydrogen-bond acceptors (Lipinski definition) is 8. The van der Waals surface area contributed by atoms with Crippen molar-refractivity contribution in [2.24, 2.45) is 0 Å². The molecule has 0 saturated heterocycles. The molecule has 0 unspecified atom stereocenters. The van der Waals surface area contributed by atoms with Crippen molar-refractivity contribution in [1.29, 1.82) is 0 Å². The minimum Gasteiger partial charge on any atom is -0.468 e. The zero-order valence-corrected chi connectivity index (χ0v) is 14.6. The molecule has 120 valence electrons. The van der Waals surface area contributed by atoms with Gasteiger partial charge in [-0.1, -0.05) is 23.1 Å². The number of furan rings is 1. The Morgan fingerprint density at radius 1 is 1.45 bits per heavy atom. The average Bonchev–Trinajstić information content (AvgIpc) is 3.03. The van der Waals surface area contributed by atoms with E-state index in [0.29, 0.717) is 23.7 Å². The van der Waals surface area contributed by atoms with E-state index in [-0.39, 0.29) is 11.5 Å². The van der Waals surface area contributed by atoms with E-state index in [1.807, 2.05) is 0 Å². The van der Waals surface area contributed by atoms with Gasteiger partial charge in [0.25, 0.3) is 0 Å². The topological polar surface area (TPSA) is 77.2 Å². The van der Waals surface area contributed by atoms with Gasteiger partial charge in [0, 0.05) is 5.54 Å². The predicted molar refractivity (Wildman–Crippen MR) is 87.5 cm³/mol. The molecule has 6 nitrogen and oxygen atoms in total. The lowest BCUT2D eigenvalue weighted by Crippen LogP contribution is -2.25. The summed E-state index contributed by atoms with van der Waals surface area (Å²) in [4.78, 5) is 11.8. The second-order valence-electron chi connectivity index (χ2n) is 5.51. The van der Waals surface area contributed by atoms with E-state index in [0.717, 1.165) is 9.47 Å². The fourth-order valence-corrected chi connectivity index (χ4v) is 3.52. The van der Waals surface area contributed by atoms with Crippen LogP contribution < -0.4 is 5.32 Å². The minimum absolute atomic E-state index is 0.0560. The summed E-state index contributed by atoms with van der Waals surface area (Å²) in [5, 5.41) is 12.3. The van der Waals surface area contributed by atoms with Crippen LogP contribution in [0.2, 0.25) is 0 Å². The van der Waals surface area contributed by atoms with Crippen molar-refractivity contribution in [3.8, 4) is 0 Å². The van der Waals surface area contributed by atoms with Crippen LogP contribution in [0.5, 0.6) is 0 Å². The Morgan fingerprint density at radius 3 is 2.91 bits per heavy atom. The van der Waals surface area contributed by atoms with Gasteiger partial charge in [0.1, 0.15) is 11.3 Å². The van der Waals surface area contributed by atoms with E-state index in [9.17, 15) is 4.79 Å². The molecule has 2 aromatic rings. The average molecular weight is 341 g/mol. The van der Waals surface area contributed by atoms with Gasteiger partial charge < -0.3 is 14.5 Å². The van der Waals surface area contributed by atoms with Crippen molar-refractivity contribution in [1.82, 2.24) is 10.2 Å². The van der Waals surface area contributed by atoms with E-state index in [4.69, 9.17) is 9.15 Å². The maximum Gasteiger partial charge on any atom is 0.341 e. The molecular weight excluding hydrogens is 322 g/mol. The van der Waals surface area contributed by atoms with Crippen LogP contribution in [-0.2, 0) is 10.5 Å². The number of nitrogens with one attached hydrogen (secondary N) is 1. The summed E-state index contributed by atoms with van der Waals surface area (Å²) in [6.45, 7) is 8.31. The van der Waals surface area contributed by atoms with Crippen LogP contribution in [0.3, 0.4) is 0 Å². The van der Waals surface area contributed by atoms with E-state index in [2.05, 4.69) is 36.3 Å². The molecule has 2 aromatic heterocycles. The Morgan fingerprint density at radius 2 is 2.23 bits per heavy atom. The standard InChI is InChI=1S/C14H19N3O3S2/c1-5-19-11(18)9-6-7-20-10(9)8-21-13-17-16-12(22-13)15-14(2,3)4/h6-7H,5,8H2,1-4H3,(H,15,16). The molecule has 0 aliphatic heterocycles. The molecule has 1 N–H and O–H groups in total. The zero-order valence-electron chi connectivity index (χ0n) is 13.0. The second-order valence-corrected chi connectivity index (χ2v) is 7.71. The Labute approximate surface area is 137 Å². The second kappa shape index (κ2) is 7.15. The molecule has 2 heterocycles. The van der Waals surface area contributed by atoms with Gasteiger partial charge in [-0.15, -0.1) is 10.2 Å². The lowest BCUT2D eigenvalue weighted by atomic mass is 10.1. The summed E-state index contributed by atoms with van der Waals surface area (Å²) in [6, 6.07) is 1.63. The monoisotopic (exact) mass is 341 g/mol. The molecule has 2 rings (SSSR count). The molecule has 0 bridgehead atoms. The molecule has 0 amide bonds. The number of nitrogens with zero attached hydrogens (tertiary/aromatic N) is 2. The highest BCUT2D eigenvalue weighted by atomic mass is 32.2. The third kappa shape index (κ3) is 4.74. The number of anilines is 1. The first-order chi connectivity index (χ1) is 10.4. The maximum absolute atomic E-state index is 11.8. The zero-order chi connectivity index (χ0) is 16.2. The first kappa shape index (κ1) is 16.8.